The zero-order chi connectivity index (χ0) is 20.5. The SMILES string of the molecule is CCCOc1c(Cl)cc(C(=O)OCC(=O)Nc2ccc(Cl)cn2)cc1OCC. The molecule has 0 unspecified atom stereocenters. The maximum Gasteiger partial charge on any atom is 0.338 e. The van der Waals surface area contributed by atoms with Crippen LogP contribution in [0.15, 0.2) is 30.5 Å². The van der Waals surface area contributed by atoms with E-state index >= 15 is 0 Å². The molecule has 0 fully saturated rings. The van der Waals surface area contributed by atoms with E-state index in [4.69, 9.17) is 37.4 Å². The van der Waals surface area contributed by atoms with Crippen molar-refractivity contribution in [2.75, 3.05) is 25.1 Å². The van der Waals surface area contributed by atoms with Crippen LogP contribution in [-0.4, -0.2) is 36.7 Å². The monoisotopic (exact) mass is 426 g/mol. The minimum absolute atomic E-state index is 0.148. The fourth-order valence-corrected chi connectivity index (χ4v) is 2.51. The van der Waals surface area contributed by atoms with Crippen molar-refractivity contribution in [3.05, 3.63) is 46.1 Å². The van der Waals surface area contributed by atoms with Crippen molar-refractivity contribution in [1.82, 2.24) is 4.98 Å². The number of nitrogens with zero attached hydrogens (tertiary/aromatic N) is 1. The maximum absolute atomic E-state index is 12.3. The van der Waals surface area contributed by atoms with Crippen LogP contribution in [0.2, 0.25) is 10.0 Å². The van der Waals surface area contributed by atoms with Gasteiger partial charge in [0.05, 0.1) is 28.8 Å². The molecule has 0 bridgehead atoms. The van der Waals surface area contributed by atoms with Gasteiger partial charge in [0.1, 0.15) is 5.82 Å². The Morgan fingerprint density at radius 1 is 1.14 bits per heavy atom. The first-order valence-electron chi connectivity index (χ1n) is 8.62. The van der Waals surface area contributed by atoms with Crippen LogP contribution < -0.4 is 14.8 Å². The van der Waals surface area contributed by atoms with E-state index in [2.05, 4.69) is 10.3 Å². The second-order valence-corrected chi connectivity index (χ2v) is 6.40. The molecule has 1 N–H and O–H groups in total. The molecule has 1 amide bonds. The molecule has 0 radical (unpaired) electrons. The van der Waals surface area contributed by atoms with Crippen LogP contribution in [0.25, 0.3) is 0 Å². The third-order valence-electron chi connectivity index (χ3n) is 3.32. The zero-order valence-electron chi connectivity index (χ0n) is 15.5. The summed E-state index contributed by atoms with van der Waals surface area (Å²) in [4.78, 5) is 28.1. The van der Waals surface area contributed by atoms with Gasteiger partial charge >= 0.3 is 5.97 Å². The fourth-order valence-electron chi connectivity index (χ4n) is 2.14. The van der Waals surface area contributed by atoms with Gasteiger partial charge in [-0.1, -0.05) is 30.1 Å². The molecule has 1 aromatic heterocycles. The van der Waals surface area contributed by atoms with Crippen LogP contribution in [-0.2, 0) is 9.53 Å². The number of halogens is 2. The second-order valence-electron chi connectivity index (χ2n) is 5.55. The highest BCUT2D eigenvalue weighted by molar-refractivity contribution is 6.32. The van der Waals surface area contributed by atoms with E-state index in [9.17, 15) is 9.59 Å². The van der Waals surface area contributed by atoms with E-state index in [1.54, 1.807) is 13.0 Å². The number of hydrogen-bond acceptors (Lipinski definition) is 6. The van der Waals surface area contributed by atoms with Crippen LogP contribution in [0.5, 0.6) is 11.5 Å². The lowest BCUT2D eigenvalue weighted by atomic mass is 10.2. The number of pyridine rings is 1. The summed E-state index contributed by atoms with van der Waals surface area (Å²) < 4.78 is 16.1. The molecular weight excluding hydrogens is 407 g/mol. The maximum atomic E-state index is 12.3. The summed E-state index contributed by atoms with van der Waals surface area (Å²) >= 11 is 12.0. The van der Waals surface area contributed by atoms with E-state index in [-0.39, 0.29) is 10.6 Å². The van der Waals surface area contributed by atoms with Crippen molar-refractivity contribution in [1.29, 1.82) is 0 Å². The normalized spacial score (nSPS) is 10.3. The van der Waals surface area contributed by atoms with Crippen LogP contribution in [0.3, 0.4) is 0 Å². The molecule has 7 nitrogen and oxygen atoms in total. The minimum Gasteiger partial charge on any atom is -0.490 e. The average molecular weight is 427 g/mol. The molecular formula is C19H20Cl2N2O5. The first-order valence-corrected chi connectivity index (χ1v) is 9.37. The number of esters is 1. The van der Waals surface area contributed by atoms with Gasteiger partial charge in [-0.2, -0.15) is 0 Å². The molecule has 0 atom stereocenters. The van der Waals surface area contributed by atoms with E-state index in [1.807, 2.05) is 6.92 Å². The molecule has 0 aliphatic heterocycles. The predicted octanol–water partition coefficient (Wildman–Crippen LogP) is 4.37. The number of rotatable bonds is 9. The number of amides is 1. The Kier molecular flexibility index (Phi) is 8.35. The molecule has 0 aliphatic rings. The molecule has 9 heteroatoms. The number of anilines is 1. The largest absolute Gasteiger partial charge is 0.490 e. The van der Waals surface area contributed by atoms with Gasteiger partial charge < -0.3 is 19.5 Å². The molecule has 28 heavy (non-hydrogen) atoms. The molecule has 150 valence electrons. The standard InChI is InChI=1S/C19H20Cl2N2O5/c1-3-7-27-18-14(21)8-12(9-15(18)26-4-2)19(25)28-11-17(24)23-16-6-5-13(20)10-22-16/h5-6,8-10H,3-4,7,11H2,1-2H3,(H,22,23,24). The van der Waals surface area contributed by atoms with Gasteiger partial charge in [0.25, 0.3) is 5.91 Å². The zero-order valence-corrected chi connectivity index (χ0v) is 17.0. The van der Waals surface area contributed by atoms with Crippen LogP contribution in [0.1, 0.15) is 30.6 Å². The summed E-state index contributed by atoms with van der Waals surface area (Å²) in [7, 11) is 0. The summed E-state index contributed by atoms with van der Waals surface area (Å²) in [6, 6.07) is 6.00. The highest BCUT2D eigenvalue weighted by Gasteiger charge is 2.18. The van der Waals surface area contributed by atoms with Crippen molar-refractivity contribution in [3.8, 4) is 11.5 Å². The Hall–Kier alpha value is -2.51. The second kappa shape index (κ2) is 10.7. The summed E-state index contributed by atoms with van der Waals surface area (Å²) in [5.41, 5.74) is 0.148. The van der Waals surface area contributed by atoms with Crippen LogP contribution >= 0.6 is 23.2 Å². The Morgan fingerprint density at radius 2 is 1.93 bits per heavy atom. The number of carbonyl (C=O) groups is 2. The molecule has 0 spiro atoms. The highest BCUT2D eigenvalue weighted by atomic mass is 35.5. The molecule has 0 aliphatic carbocycles. The lowest BCUT2D eigenvalue weighted by molar-refractivity contribution is -0.119. The Balaban J connectivity index is 2.02. The van der Waals surface area contributed by atoms with Gasteiger partial charge in [0.15, 0.2) is 18.1 Å². The molecule has 1 heterocycles. The lowest BCUT2D eigenvalue weighted by Crippen LogP contribution is -2.21. The fraction of sp³-hybridized carbons (Fsp3) is 0.316. The topological polar surface area (TPSA) is 86.8 Å². The molecule has 2 aromatic rings. The number of ether oxygens (including phenoxy) is 3. The average Bonchev–Trinajstić information content (AvgIpc) is 2.67. The number of hydrogen-bond donors (Lipinski definition) is 1. The summed E-state index contributed by atoms with van der Waals surface area (Å²) in [6.45, 7) is 4.11. The van der Waals surface area contributed by atoms with Crippen molar-refractivity contribution in [2.45, 2.75) is 20.3 Å². The molecule has 0 saturated carbocycles. The quantitative estimate of drug-likeness (QED) is 0.598. The van der Waals surface area contributed by atoms with E-state index in [0.717, 1.165) is 6.42 Å². The Labute approximate surface area is 172 Å². The first kappa shape index (κ1) is 21.8. The van der Waals surface area contributed by atoms with E-state index < -0.39 is 18.5 Å². The van der Waals surface area contributed by atoms with Crippen LogP contribution in [0, 0.1) is 0 Å². The Morgan fingerprint density at radius 3 is 2.57 bits per heavy atom. The van der Waals surface area contributed by atoms with Gasteiger partial charge in [-0.25, -0.2) is 9.78 Å². The Bertz CT molecular complexity index is 828. The molecule has 0 saturated heterocycles. The summed E-state index contributed by atoms with van der Waals surface area (Å²) in [5, 5.41) is 3.16. The highest BCUT2D eigenvalue weighted by Crippen LogP contribution is 2.37. The van der Waals surface area contributed by atoms with Gasteiger partial charge in [0.2, 0.25) is 0 Å². The first-order chi connectivity index (χ1) is 13.4. The third-order valence-corrected chi connectivity index (χ3v) is 3.83. The van der Waals surface area contributed by atoms with E-state index in [1.165, 1.54) is 24.4 Å². The van der Waals surface area contributed by atoms with Gasteiger partial charge in [0, 0.05) is 6.20 Å². The van der Waals surface area contributed by atoms with Crippen LogP contribution in [0.4, 0.5) is 5.82 Å². The van der Waals surface area contributed by atoms with Gasteiger partial charge in [-0.3, -0.25) is 4.79 Å². The summed E-state index contributed by atoms with van der Waals surface area (Å²) in [5.74, 6) is -0.255. The number of aromatic nitrogens is 1. The van der Waals surface area contributed by atoms with Gasteiger partial charge in [-0.15, -0.1) is 0 Å². The lowest BCUT2D eigenvalue weighted by Gasteiger charge is -2.14. The smallest absolute Gasteiger partial charge is 0.338 e. The van der Waals surface area contributed by atoms with Gasteiger partial charge in [-0.05, 0) is 37.6 Å². The predicted molar refractivity (Wildman–Crippen MR) is 107 cm³/mol. The van der Waals surface area contributed by atoms with Crippen molar-refractivity contribution >= 4 is 40.9 Å². The molecule has 2 rings (SSSR count). The third kappa shape index (κ3) is 6.28. The minimum atomic E-state index is -0.718. The van der Waals surface area contributed by atoms with E-state index in [0.29, 0.717) is 35.6 Å². The van der Waals surface area contributed by atoms with Crippen molar-refractivity contribution in [2.24, 2.45) is 0 Å². The number of carbonyl (C=O) groups excluding carboxylic acids is 2. The number of nitrogens with one attached hydrogen (secondary N) is 1. The summed E-state index contributed by atoms with van der Waals surface area (Å²) in [6.07, 6.45) is 2.19. The number of benzene rings is 1. The van der Waals surface area contributed by atoms with Crippen molar-refractivity contribution in [3.63, 3.8) is 0 Å². The molecule has 1 aromatic carbocycles. The van der Waals surface area contributed by atoms with Crippen molar-refractivity contribution < 1.29 is 23.8 Å².